The molecule has 1 heterocycles. The number of benzene rings is 2. The first-order valence-electron chi connectivity index (χ1n) is 5.21. The maximum atomic E-state index is 12.8. The third-order valence-corrected chi connectivity index (χ3v) is 2.63. The second kappa shape index (κ2) is 3.63. The summed E-state index contributed by atoms with van der Waals surface area (Å²) in [6.07, 6.45) is 0. The molecule has 0 radical (unpaired) electrons. The van der Waals surface area contributed by atoms with Gasteiger partial charge in [0.1, 0.15) is 22.9 Å². The molecule has 0 saturated carbocycles. The van der Waals surface area contributed by atoms with Crippen LogP contribution in [0, 0.1) is 5.82 Å². The van der Waals surface area contributed by atoms with Crippen LogP contribution < -0.4 is 0 Å². The third-order valence-electron chi connectivity index (χ3n) is 2.63. The Morgan fingerprint density at radius 3 is 2.47 bits per heavy atom. The van der Waals surface area contributed by atoms with Crippen molar-refractivity contribution in [3.8, 4) is 17.1 Å². The van der Waals surface area contributed by atoms with E-state index in [0.717, 1.165) is 10.9 Å². The number of phenolic OH excluding ortho intramolecular Hbond substituents is 1. The van der Waals surface area contributed by atoms with Crippen LogP contribution in [0.1, 0.15) is 0 Å². The molecule has 3 aromatic rings. The Bertz CT molecular complexity index is 668. The van der Waals surface area contributed by atoms with Gasteiger partial charge < -0.3 is 9.52 Å². The molecule has 0 aliphatic carbocycles. The fourth-order valence-electron chi connectivity index (χ4n) is 1.79. The molecule has 2 nitrogen and oxygen atoms in total. The number of furan rings is 1. The minimum atomic E-state index is -0.275. The zero-order chi connectivity index (χ0) is 11.8. The normalized spacial score (nSPS) is 10.9. The first-order chi connectivity index (χ1) is 8.22. The maximum Gasteiger partial charge on any atom is 0.135 e. The monoisotopic (exact) mass is 228 g/mol. The van der Waals surface area contributed by atoms with E-state index in [1.165, 1.54) is 12.1 Å². The van der Waals surface area contributed by atoms with Gasteiger partial charge in [-0.25, -0.2) is 4.39 Å². The minimum Gasteiger partial charge on any atom is -0.508 e. The first kappa shape index (κ1) is 9.90. The highest BCUT2D eigenvalue weighted by molar-refractivity contribution is 5.83. The summed E-state index contributed by atoms with van der Waals surface area (Å²) < 4.78 is 18.4. The van der Waals surface area contributed by atoms with Gasteiger partial charge in [-0.1, -0.05) is 0 Å². The van der Waals surface area contributed by atoms with Gasteiger partial charge in [0.25, 0.3) is 0 Å². The van der Waals surface area contributed by atoms with Crippen LogP contribution >= 0.6 is 0 Å². The number of hydrogen-bond acceptors (Lipinski definition) is 2. The fraction of sp³-hybridized carbons (Fsp3) is 0. The molecule has 17 heavy (non-hydrogen) atoms. The van der Waals surface area contributed by atoms with E-state index in [4.69, 9.17) is 4.42 Å². The zero-order valence-corrected chi connectivity index (χ0v) is 8.85. The number of rotatable bonds is 1. The molecule has 0 bridgehead atoms. The molecule has 84 valence electrons. The highest BCUT2D eigenvalue weighted by Gasteiger charge is 2.06. The van der Waals surface area contributed by atoms with Crippen molar-refractivity contribution in [1.29, 1.82) is 0 Å². The second-order valence-corrected chi connectivity index (χ2v) is 3.84. The van der Waals surface area contributed by atoms with Crippen molar-refractivity contribution in [2.24, 2.45) is 0 Å². The third kappa shape index (κ3) is 1.76. The lowest BCUT2D eigenvalue weighted by atomic mass is 10.1. The van der Waals surface area contributed by atoms with Gasteiger partial charge in [0, 0.05) is 10.9 Å². The number of fused-ring (bicyclic) bond motifs is 1. The number of hydrogen-bond donors (Lipinski definition) is 1. The van der Waals surface area contributed by atoms with Gasteiger partial charge in [-0.3, -0.25) is 0 Å². The van der Waals surface area contributed by atoms with E-state index >= 15 is 0 Å². The summed E-state index contributed by atoms with van der Waals surface area (Å²) in [6, 6.07) is 12.8. The fourth-order valence-corrected chi connectivity index (χ4v) is 1.79. The standard InChI is InChI=1S/C14H9FO2/c15-11-3-1-9(2-4-11)14-8-10-7-12(16)5-6-13(10)17-14/h1-8,16H. The molecule has 0 atom stereocenters. The van der Waals surface area contributed by atoms with Crippen LogP contribution in [0.4, 0.5) is 4.39 Å². The molecule has 0 fully saturated rings. The Balaban J connectivity index is 2.14. The van der Waals surface area contributed by atoms with E-state index in [2.05, 4.69) is 0 Å². The number of halogens is 1. The van der Waals surface area contributed by atoms with Crippen molar-refractivity contribution in [3.05, 3.63) is 54.3 Å². The van der Waals surface area contributed by atoms with Gasteiger partial charge in [-0.05, 0) is 48.5 Å². The molecule has 0 saturated heterocycles. The van der Waals surface area contributed by atoms with E-state index in [1.54, 1.807) is 30.3 Å². The van der Waals surface area contributed by atoms with E-state index < -0.39 is 0 Å². The highest BCUT2D eigenvalue weighted by Crippen LogP contribution is 2.29. The van der Waals surface area contributed by atoms with Crippen molar-refractivity contribution >= 4 is 11.0 Å². The number of phenols is 1. The Labute approximate surface area is 96.9 Å². The minimum absolute atomic E-state index is 0.198. The van der Waals surface area contributed by atoms with Gasteiger partial charge in [0.05, 0.1) is 0 Å². The molecule has 0 spiro atoms. The predicted octanol–water partition coefficient (Wildman–Crippen LogP) is 3.94. The van der Waals surface area contributed by atoms with Gasteiger partial charge in [-0.15, -0.1) is 0 Å². The molecule has 0 amide bonds. The first-order valence-corrected chi connectivity index (χ1v) is 5.21. The molecule has 1 N–H and O–H groups in total. The molecule has 0 aliphatic heterocycles. The van der Waals surface area contributed by atoms with Crippen LogP contribution in [-0.2, 0) is 0 Å². The Kier molecular flexibility index (Phi) is 2.11. The lowest BCUT2D eigenvalue weighted by Gasteiger charge is -1.94. The summed E-state index contributed by atoms with van der Waals surface area (Å²) in [6.45, 7) is 0. The molecule has 3 heteroatoms. The predicted molar refractivity (Wildman–Crippen MR) is 63.3 cm³/mol. The van der Waals surface area contributed by atoms with E-state index in [-0.39, 0.29) is 11.6 Å². The van der Waals surface area contributed by atoms with Crippen molar-refractivity contribution in [3.63, 3.8) is 0 Å². The summed E-state index contributed by atoms with van der Waals surface area (Å²) in [5, 5.41) is 10.2. The van der Waals surface area contributed by atoms with E-state index in [9.17, 15) is 9.50 Å². The van der Waals surface area contributed by atoms with E-state index in [0.29, 0.717) is 11.3 Å². The molecular formula is C14H9FO2. The average molecular weight is 228 g/mol. The summed E-state index contributed by atoms with van der Waals surface area (Å²) in [4.78, 5) is 0. The maximum absolute atomic E-state index is 12.8. The summed E-state index contributed by atoms with van der Waals surface area (Å²) >= 11 is 0. The topological polar surface area (TPSA) is 33.4 Å². The van der Waals surface area contributed by atoms with Crippen LogP contribution in [0.2, 0.25) is 0 Å². The van der Waals surface area contributed by atoms with Crippen molar-refractivity contribution in [2.45, 2.75) is 0 Å². The molecule has 0 unspecified atom stereocenters. The van der Waals surface area contributed by atoms with Crippen molar-refractivity contribution < 1.29 is 13.9 Å². The quantitative estimate of drug-likeness (QED) is 0.684. The average Bonchev–Trinajstić information content (AvgIpc) is 2.72. The van der Waals surface area contributed by atoms with Gasteiger partial charge in [-0.2, -0.15) is 0 Å². The molecule has 2 aromatic carbocycles. The van der Waals surface area contributed by atoms with E-state index in [1.807, 2.05) is 6.07 Å². The molecule has 0 aliphatic rings. The van der Waals surface area contributed by atoms with Gasteiger partial charge in [0.2, 0.25) is 0 Å². The van der Waals surface area contributed by atoms with Crippen molar-refractivity contribution in [2.75, 3.05) is 0 Å². The summed E-state index contributed by atoms with van der Waals surface area (Å²) in [5.74, 6) is 0.581. The van der Waals surface area contributed by atoms with Gasteiger partial charge in [0.15, 0.2) is 0 Å². The molecule has 3 rings (SSSR count). The smallest absolute Gasteiger partial charge is 0.135 e. The highest BCUT2D eigenvalue weighted by atomic mass is 19.1. The zero-order valence-electron chi connectivity index (χ0n) is 8.85. The lowest BCUT2D eigenvalue weighted by Crippen LogP contribution is -1.74. The largest absolute Gasteiger partial charge is 0.508 e. The summed E-state index contributed by atoms with van der Waals surface area (Å²) in [5.41, 5.74) is 1.50. The SMILES string of the molecule is Oc1ccc2oc(-c3ccc(F)cc3)cc2c1. The Morgan fingerprint density at radius 1 is 0.941 bits per heavy atom. The second-order valence-electron chi connectivity index (χ2n) is 3.84. The molecule has 1 aromatic heterocycles. The van der Waals surface area contributed by atoms with Crippen LogP contribution in [0.3, 0.4) is 0 Å². The van der Waals surface area contributed by atoms with Crippen LogP contribution in [0.25, 0.3) is 22.3 Å². The van der Waals surface area contributed by atoms with Crippen molar-refractivity contribution in [1.82, 2.24) is 0 Å². The number of aromatic hydroxyl groups is 1. The van der Waals surface area contributed by atoms with Gasteiger partial charge >= 0.3 is 0 Å². The van der Waals surface area contributed by atoms with Crippen LogP contribution in [0.15, 0.2) is 52.9 Å². The Morgan fingerprint density at radius 2 is 1.71 bits per heavy atom. The Hall–Kier alpha value is -2.29. The van der Waals surface area contributed by atoms with Crippen LogP contribution in [0.5, 0.6) is 5.75 Å². The van der Waals surface area contributed by atoms with Crippen LogP contribution in [-0.4, -0.2) is 5.11 Å². The summed E-state index contributed by atoms with van der Waals surface area (Å²) in [7, 11) is 0. The molecular weight excluding hydrogens is 219 g/mol. The lowest BCUT2D eigenvalue weighted by molar-refractivity contribution is 0.476.